The Morgan fingerprint density at radius 1 is 1.38 bits per heavy atom. The molecule has 24 heavy (non-hydrogen) atoms. The van der Waals surface area contributed by atoms with Crippen molar-refractivity contribution < 1.29 is 18.8 Å². The third-order valence-corrected chi connectivity index (χ3v) is 3.47. The van der Waals surface area contributed by atoms with Crippen LogP contribution in [0, 0.1) is 0 Å². The average Bonchev–Trinajstić information content (AvgIpc) is 3.06. The molecule has 8 nitrogen and oxygen atoms in total. The van der Waals surface area contributed by atoms with Gasteiger partial charge in [-0.3, -0.25) is 4.79 Å². The third-order valence-electron chi connectivity index (χ3n) is 3.19. The van der Waals surface area contributed by atoms with Gasteiger partial charge in [-0.05, 0) is 12.1 Å². The molecule has 1 heterocycles. The van der Waals surface area contributed by atoms with Gasteiger partial charge in [0, 0.05) is 31.5 Å². The minimum atomic E-state index is -0.116. The zero-order valence-electron chi connectivity index (χ0n) is 13.5. The van der Waals surface area contributed by atoms with Crippen molar-refractivity contribution in [1.82, 2.24) is 15.5 Å². The molecule has 130 valence electrons. The first kappa shape index (κ1) is 18.0. The van der Waals surface area contributed by atoms with Crippen molar-refractivity contribution >= 4 is 17.5 Å². The van der Waals surface area contributed by atoms with Gasteiger partial charge < -0.3 is 25.0 Å². The van der Waals surface area contributed by atoms with Crippen LogP contribution in [0.2, 0.25) is 5.02 Å². The van der Waals surface area contributed by atoms with Gasteiger partial charge in [0.2, 0.25) is 17.6 Å². The van der Waals surface area contributed by atoms with Crippen LogP contribution in [-0.2, 0) is 11.2 Å². The quantitative estimate of drug-likeness (QED) is 0.737. The fourth-order valence-corrected chi connectivity index (χ4v) is 2.33. The highest BCUT2D eigenvalue weighted by molar-refractivity contribution is 6.32. The second-order valence-electron chi connectivity index (χ2n) is 4.84. The summed E-state index contributed by atoms with van der Waals surface area (Å²) >= 11 is 6.17. The molecule has 2 rings (SSSR count). The number of nitrogens with two attached hydrogens (primary N) is 1. The minimum absolute atomic E-state index is 0.116. The van der Waals surface area contributed by atoms with Gasteiger partial charge >= 0.3 is 0 Å². The van der Waals surface area contributed by atoms with Gasteiger partial charge in [-0.25, -0.2) is 0 Å². The Hall–Kier alpha value is -2.32. The van der Waals surface area contributed by atoms with Crippen LogP contribution in [0.15, 0.2) is 16.7 Å². The van der Waals surface area contributed by atoms with Crippen molar-refractivity contribution in [1.29, 1.82) is 0 Å². The number of methoxy groups -OCH3 is 2. The molecule has 0 saturated carbocycles. The fraction of sp³-hybridized carbons (Fsp3) is 0.400. The Labute approximate surface area is 144 Å². The highest BCUT2D eigenvalue weighted by Crippen LogP contribution is 2.38. The summed E-state index contributed by atoms with van der Waals surface area (Å²) in [4.78, 5) is 15.8. The molecule has 0 aliphatic heterocycles. The van der Waals surface area contributed by atoms with E-state index in [4.69, 9.17) is 31.3 Å². The van der Waals surface area contributed by atoms with Crippen molar-refractivity contribution in [3.8, 4) is 22.9 Å². The second-order valence-corrected chi connectivity index (χ2v) is 5.25. The Kier molecular flexibility index (Phi) is 6.39. The number of halogens is 1. The largest absolute Gasteiger partial charge is 0.493 e. The number of rotatable bonds is 8. The number of nitrogens with one attached hydrogen (secondary N) is 1. The first-order valence-electron chi connectivity index (χ1n) is 7.30. The van der Waals surface area contributed by atoms with E-state index in [0.717, 1.165) is 0 Å². The maximum atomic E-state index is 11.5. The number of carbonyl (C=O) groups is 1. The van der Waals surface area contributed by atoms with Crippen LogP contribution in [0.25, 0.3) is 11.4 Å². The average molecular weight is 355 g/mol. The predicted molar refractivity (Wildman–Crippen MR) is 88.2 cm³/mol. The molecule has 1 amide bonds. The van der Waals surface area contributed by atoms with Gasteiger partial charge in [-0.15, -0.1) is 0 Å². The Morgan fingerprint density at radius 2 is 2.17 bits per heavy atom. The summed E-state index contributed by atoms with van der Waals surface area (Å²) in [6.45, 7) is 0.842. The van der Waals surface area contributed by atoms with Crippen LogP contribution >= 0.6 is 11.6 Å². The number of carbonyl (C=O) groups excluding carboxylic acids is 1. The molecule has 0 bridgehead atoms. The standard InChI is InChI=1S/C15H19ClN4O4/c1-22-11-8-9(7-10(16)14(11)23-2)15-19-13(24-20-15)4-3-12(21)18-6-5-17/h7-8H,3-6,17H2,1-2H3,(H,18,21). The van der Waals surface area contributed by atoms with Crippen molar-refractivity contribution in [2.24, 2.45) is 5.73 Å². The summed E-state index contributed by atoms with van der Waals surface area (Å²) in [6.07, 6.45) is 0.582. The molecule has 0 fully saturated rings. The lowest BCUT2D eigenvalue weighted by Crippen LogP contribution is -2.29. The van der Waals surface area contributed by atoms with Crippen LogP contribution in [0.3, 0.4) is 0 Å². The lowest BCUT2D eigenvalue weighted by Gasteiger charge is -2.10. The topological polar surface area (TPSA) is 112 Å². The smallest absolute Gasteiger partial charge is 0.227 e. The predicted octanol–water partition coefficient (Wildman–Crippen LogP) is 1.41. The van der Waals surface area contributed by atoms with E-state index in [9.17, 15) is 4.79 Å². The first-order valence-corrected chi connectivity index (χ1v) is 7.68. The summed E-state index contributed by atoms with van der Waals surface area (Å²) < 4.78 is 15.6. The molecule has 9 heteroatoms. The molecule has 0 spiro atoms. The second kappa shape index (κ2) is 8.51. The number of nitrogens with zero attached hydrogens (tertiary/aromatic N) is 2. The van der Waals surface area contributed by atoms with Gasteiger partial charge in [-0.1, -0.05) is 16.8 Å². The molecule has 0 radical (unpaired) electrons. The summed E-state index contributed by atoms with van der Waals surface area (Å²) in [5.74, 6) is 1.50. The van der Waals surface area contributed by atoms with Gasteiger partial charge in [-0.2, -0.15) is 4.98 Å². The molecular formula is C15H19ClN4O4. The molecule has 0 saturated heterocycles. The third kappa shape index (κ3) is 4.36. The maximum absolute atomic E-state index is 11.5. The normalized spacial score (nSPS) is 10.5. The molecule has 1 aromatic carbocycles. The van der Waals surface area contributed by atoms with Gasteiger partial charge in [0.25, 0.3) is 0 Å². The van der Waals surface area contributed by atoms with Crippen molar-refractivity contribution in [3.63, 3.8) is 0 Å². The van der Waals surface area contributed by atoms with E-state index in [0.29, 0.717) is 53.3 Å². The number of amides is 1. The number of aromatic nitrogens is 2. The van der Waals surface area contributed by atoms with E-state index in [1.165, 1.54) is 14.2 Å². The van der Waals surface area contributed by atoms with E-state index < -0.39 is 0 Å². The number of aryl methyl sites for hydroxylation is 1. The van der Waals surface area contributed by atoms with E-state index in [1.54, 1.807) is 12.1 Å². The van der Waals surface area contributed by atoms with E-state index in [1.807, 2.05) is 0 Å². The monoisotopic (exact) mass is 354 g/mol. The van der Waals surface area contributed by atoms with Crippen LogP contribution < -0.4 is 20.5 Å². The van der Waals surface area contributed by atoms with Crippen LogP contribution in [-0.4, -0.2) is 43.4 Å². The summed E-state index contributed by atoms with van der Waals surface area (Å²) in [7, 11) is 3.02. The fourth-order valence-electron chi connectivity index (χ4n) is 2.04. The molecule has 1 aromatic heterocycles. The van der Waals surface area contributed by atoms with Crippen molar-refractivity contribution in [2.75, 3.05) is 27.3 Å². The zero-order valence-corrected chi connectivity index (χ0v) is 14.2. The Morgan fingerprint density at radius 3 is 2.83 bits per heavy atom. The highest BCUT2D eigenvalue weighted by atomic mass is 35.5. The van der Waals surface area contributed by atoms with Crippen LogP contribution in [0.1, 0.15) is 12.3 Å². The molecule has 2 aromatic rings. The highest BCUT2D eigenvalue weighted by Gasteiger charge is 2.16. The molecule has 0 atom stereocenters. The molecule has 0 aliphatic rings. The minimum Gasteiger partial charge on any atom is -0.493 e. The summed E-state index contributed by atoms with van der Waals surface area (Å²) in [5, 5.41) is 6.95. The summed E-state index contributed by atoms with van der Waals surface area (Å²) in [5.41, 5.74) is 5.95. The van der Waals surface area contributed by atoms with Crippen molar-refractivity contribution in [3.05, 3.63) is 23.0 Å². The number of ether oxygens (including phenoxy) is 2. The zero-order chi connectivity index (χ0) is 17.5. The Balaban J connectivity index is 2.10. The molecule has 0 unspecified atom stereocenters. The van der Waals surface area contributed by atoms with Crippen LogP contribution in [0.5, 0.6) is 11.5 Å². The van der Waals surface area contributed by atoms with E-state index >= 15 is 0 Å². The molecule has 0 aliphatic carbocycles. The van der Waals surface area contributed by atoms with Crippen LogP contribution in [0.4, 0.5) is 0 Å². The van der Waals surface area contributed by atoms with E-state index in [-0.39, 0.29) is 12.3 Å². The lowest BCUT2D eigenvalue weighted by atomic mass is 10.2. The Bertz CT molecular complexity index is 705. The van der Waals surface area contributed by atoms with E-state index in [2.05, 4.69) is 15.5 Å². The SMILES string of the molecule is COc1cc(-c2noc(CCC(=O)NCCN)n2)cc(Cl)c1OC. The lowest BCUT2D eigenvalue weighted by molar-refractivity contribution is -0.121. The molecule has 3 N–H and O–H groups in total. The van der Waals surface area contributed by atoms with Crippen molar-refractivity contribution in [2.45, 2.75) is 12.8 Å². The van der Waals surface area contributed by atoms with Gasteiger partial charge in [0.15, 0.2) is 11.5 Å². The number of hydrogen-bond acceptors (Lipinski definition) is 7. The first-order chi connectivity index (χ1) is 11.6. The maximum Gasteiger partial charge on any atom is 0.227 e. The molecular weight excluding hydrogens is 336 g/mol. The number of benzene rings is 1. The van der Waals surface area contributed by atoms with Gasteiger partial charge in [0.1, 0.15) is 0 Å². The number of hydrogen-bond donors (Lipinski definition) is 2. The summed E-state index contributed by atoms with van der Waals surface area (Å²) in [6, 6.07) is 3.36. The van der Waals surface area contributed by atoms with Gasteiger partial charge in [0.05, 0.1) is 19.2 Å².